The molecule has 0 aliphatic heterocycles. The van der Waals surface area contributed by atoms with Crippen LogP contribution in [0, 0.1) is 0 Å². The predicted molar refractivity (Wildman–Crippen MR) is 144 cm³/mol. The predicted octanol–water partition coefficient (Wildman–Crippen LogP) is 3.66. The first-order chi connectivity index (χ1) is 17.1. The fourth-order valence-electron chi connectivity index (χ4n) is 3.64. The highest BCUT2D eigenvalue weighted by atomic mass is 35.5. The molecule has 11 heteroatoms. The van der Waals surface area contributed by atoms with Crippen LogP contribution in [0.3, 0.4) is 0 Å². The molecule has 0 atom stereocenters. The molecule has 0 aliphatic carbocycles. The number of hydrogen-bond donors (Lipinski definition) is 1. The number of anilines is 1. The van der Waals surface area contributed by atoms with Gasteiger partial charge in [-0.2, -0.15) is 0 Å². The number of likely N-dealkylation sites (N-methyl/N-ethyl adjacent to an activating group) is 1. The van der Waals surface area contributed by atoms with Crippen LogP contribution in [0.15, 0.2) is 69.9 Å². The lowest BCUT2D eigenvalue weighted by molar-refractivity contribution is -0.116. The Balaban J connectivity index is 1.46. The minimum Gasteiger partial charge on any atom is -0.384 e. The van der Waals surface area contributed by atoms with Gasteiger partial charge in [0.25, 0.3) is 5.56 Å². The van der Waals surface area contributed by atoms with E-state index in [2.05, 4.69) is 15.2 Å². The van der Waals surface area contributed by atoms with Crippen LogP contribution in [-0.4, -0.2) is 61.6 Å². The highest BCUT2D eigenvalue weighted by Crippen LogP contribution is 2.26. The van der Waals surface area contributed by atoms with Crippen LogP contribution in [0.1, 0.15) is 5.56 Å². The Morgan fingerprint density at radius 1 is 1.11 bits per heavy atom. The molecule has 188 valence electrons. The molecule has 0 radical (unpaired) electrons. The number of hydrogen-bond acceptors (Lipinski definition) is 8. The molecule has 2 aromatic heterocycles. The van der Waals surface area contributed by atoms with E-state index in [1.54, 1.807) is 30.3 Å². The van der Waals surface area contributed by atoms with E-state index in [0.717, 1.165) is 30.1 Å². The van der Waals surface area contributed by atoms with Gasteiger partial charge in [0.05, 0.1) is 20.9 Å². The number of aromatic nitrogens is 2. The lowest BCUT2D eigenvalue weighted by atomic mass is 10.1. The molecule has 0 spiro atoms. The number of nitrogens with one attached hydrogen (secondary N) is 1. The van der Waals surface area contributed by atoms with Crippen LogP contribution in [-0.2, 0) is 21.1 Å². The monoisotopic (exact) mass is 544 g/mol. The first-order valence-corrected chi connectivity index (χ1v) is 14.0. The number of ketones is 1. The number of Topliss-reactive ketones (excluding diaryl/α,β-unsaturated/α-hetero) is 1. The van der Waals surface area contributed by atoms with E-state index in [-0.39, 0.29) is 16.2 Å². The molecule has 0 aliphatic rings. The summed E-state index contributed by atoms with van der Waals surface area (Å²) in [6.45, 7) is 1.66. The third-order valence-corrected chi connectivity index (χ3v) is 8.96. The van der Waals surface area contributed by atoms with E-state index in [4.69, 9.17) is 11.6 Å². The number of halogens is 1. The zero-order chi connectivity index (χ0) is 25.9. The van der Waals surface area contributed by atoms with Gasteiger partial charge in [-0.25, -0.2) is 13.4 Å². The summed E-state index contributed by atoms with van der Waals surface area (Å²) in [5, 5.41) is 3.81. The Morgan fingerprint density at radius 2 is 1.86 bits per heavy atom. The molecule has 0 unspecified atom stereocenters. The number of nitrogens with zero attached hydrogens (tertiary/aromatic N) is 3. The molecule has 2 heterocycles. The van der Waals surface area contributed by atoms with Gasteiger partial charge in [0.2, 0.25) is 0 Å². The minimum absolute atomic E-state index is 0.0346. The summed E-state index contributed by atoms with van der Waals surface area (Å²) in [6.07, 6.45) is 1.44. The number of fused-ring (bicyclic) bond motifs is 1. The Bertz CT molecular complexity index is 1560. The van der Waals surface area contributed by atoms with E-state index in [1.165, 1.54) is 23.0 Å². The standard InChI is InChI=1S/C25H25ClN4O4S2/c1-29(2)12-11-27-18-5-8-21-22(14-18)28-16-30(25(21)32)19-6-3-17(4-7-19)13-20(31)15-36(33,34)24-10-9-23(26)35-24/h3-10,14,16,27H,11-13,15H2,1-2H3. The molecule has 2 aromatic carbocycles. The third kappa shape index (κ3) is 6.19. The second-order valence-electron chi connectivity index (χ2n) is 8.58. The SMILES string of the molecule is CN(C)CCNc1ccc2c(=O)n(-c3ccc(CC(=O)CS(=O)(=O)c4ccc(Cl)s4)cc3)cnc2c1. The molecule has 36 heavy (non-hydrogen) atoms. The highest BCUT2D eigenvalue weighted by Gasteiger charge is 2.21. The van der Waals surface area contributed by atoms with Gasteiger partial charge in [-0.3, -0.25) is 14.2 Å². The highest BCUT2D eigenvalue weighted by molar-refractivity contribution is 7.94. The molecule has 1 N–H and O–H groups in total. The maximum Gasteiger partial charge on any atom is 0.265 e. The lowest BCUT2D eigenvalue weighted by Gasteiger charge is -2.12. The molecule has 4 aromatic rings. The van der Waals surface area contributed by atoms with Crippen LogP contribution in [0.25, 0.3) is 16.6 Å². The molecular weight excluding hydrogens is 520 g/mol. The van der Waals surface area contributed by atoms with Crippen molar-refractivity contribution >= 4 is 55.1 Å². The summed E-state index contributed by atoms with van der Waals surface area (Å²) in [4.78, 5) is 32.0. The maximum absolute atomic E-state index is 13.1. The Morgan fingerprint density at radius 3 is 2.53 bits per heavy atom. The molecule has 0 bridgehead atoms. The first-order valence-electron chi connectivity index (χ1n) is 11.1. The fourth-order valence-corrected chi connectivity index (χ4v) is 6.45. The van der Waals surface area contributed by atoms with Gasteiger partial charge < -0.3 is 10.2 Å². The number of benzene rings is 2. The summed E-state index contributed by atoms with van der Waals surface area (Å²) in [5.41, 5.74) is 2.54. The van der Waals surface area contributed by atoms with Crippen LogP contribution < -0.4 is 10.9 Å². The lowest BCUT2D eigenvalue weighted by Crippen LogP contribution is -2.21. The minimum atomic E-state index is -3.72. The molecule has 0 saturated carbocycles. The molecule has 0 amide bonds. The average molecular weight is 545 g/mol. The van der Waals surface area contributed by atoms with Crippen molar-refractivity contribution < 1.29 is 13.2 Å². The van der Waals surface area contributed by atoms with Gasteiger partial charge in [-0.15, -0.1) is 11.3 Å². The second kappa shape index (κ2) is 10.9. The Labute approximate surface area is 218 Å². The largest absolute Gasteiger partial charge is 0.384 e. The summed E-state index contributed by atoms with van der Waals surface area (Å²) in [5.74, 6) is -1.02. The van der Waals surface area contributed by atoms with E-state index in [0.29, 0.717) is 26.5 Å². The zero-order valence-electron chi connectivity index (χ0n) is 19.8. The normalized spacial score (nSPS) is 11.8. The van der Waals surface area contributed by atoms with Crippen molar-refractivity contribution in [2.45, 2.75) is 10.6 Å². The van der Waals surface area contributed by atoms with Crippen molar-refractivity contribution in [3.8, 4) is 5.69 Å². The average Bonchev–Trinajstić information content (AvgIpc) is 3.27. The van der Waals surface area contributed by atoms with Crippen LogP contribution in [0.5, 0.6) is 0 Å². The van der Waals surface area contributed by atoms with Crippen LogP contribution >= 0.6 is 22.9 Å². The van der Waals surface area contributed by atoms with E-state index < -0.39 is 21.4 Å². The van der Waals surface area contributed by atoms with Crippen molar-refractivity contribution in [2.24, 2.45) is 0 Å². The summed E-state index contributed by atoms with van der Waals surface area (Å²) in [6, 6.07) is 15.2. The zero-order valence-corrected chi connectivity index (χ0v) is 22.2. The number of rotatable bonds is 10. The maximum atomic E-state index is 13.1. The third-order valence-electron chi connectivity index (χ3n) is 5.47. The van der Waals surface area contributed by atoms with Crippen LogP contribution in [0.2, 0.25) is 4.34 Å². The van der Waals surface area contributed by atoms with E-state index in [1.807, 2.05) is 26.2 Å². The van der Waals surface area contributed by atoms with Gasteiger partial charge in [-0.1, -0.05) is 23.7 Å². The fraction of sp³-hybridized carbons (Fsp3) is 0.240. The van der Waals surface area contributed by atoms with Crippen molar-refractivity contribution in [1.82, 2.24) is 14.5 Å². The summed E-state index contributed by atoms with van der Waals surface area (Å²) < 4.78 is 26.7. The number of sulfone groups is 1. The Hall–Kier alpha value is -3.05. The van der Waals surface area contributed by atoms with Gasteiger partial charge in [0.1, 0.15) is 16.3 Å². The summed E-state index contributed by atoms with van der Waals surface area (Å²) >= 11 is 6.74. The van der Waals surface area contributed by atoms with Gasteiger partial charge in [-0.05, 0) is 62.1 Å². The van der Waals surface area contributed by atoms with Crippen molar-refractivity contribution in [1.29, 1.82) is 0 Å². The molecular formula is C25H25ClN4O4S2. The first kappa shape index (κ1) is 26.0. The summed E-state index contributed by atoms with van der Waals surface area (Å²) in [7, 11) is 0.283. The topological polar surface area (TPSA) is 101 Å². The van der Waals surface area contributed by atoms with Gasteiger partial charge >= 0.3 is 0 Å². The Kier molecular flexibility index (Phi) is 7.89. The van der Waals surface area contributed by atoms with Crippen molar-refractivity contribution in [3.63, 3.8) is 0 Å². The molecule has 0 saturated heterocycles. The smallest absolute Gasteiger partial charge is 0.265 e. The number of carbonyl (C=O) groups excluding carboxylic acids is 1. The quantitative estimate of drug-likeness (QED) is 0.325. The molecule has 0 fully saturated rings. The van der Waals surface area contributed by atoms with Crippen LogP contribution in [0.4, 0.5) is 5.69 Å². The second-order valence-corrected chi connectivity index (χ2v) is 12.5. The molecule has 4 rings (SSSR count). The van der Waals surface area contributed by atoms with Crippen molar-refractivity contribution in [3.05, 3.63) is 81.2 Å². The van der Waals surface area contributed by atoms with E-state index >= 15 is 0 Å². The number of carbonyl (C=O) groups is 1. The van der Waals surface area contributed by atoms with Gasteiger partial charge in [0, 0.05) is 25.2 Å². The number of thiophene rings is 1. The molecule has 8 nitrogen and oxygen atoms in total. The van der Waals surface area contributed by atoms with E-state index in [9.17, 15) is 18.0 Å². The van der Waals surface area contributed by atoms with Crippen molar-refractivity contribution in [2.75, 3.05) is 38.3 Å². The van der Waals surface area contributed by atoms with Gasteiger partial charge in [0.15, 0.2) is 15.6 Å².